The maximum absolute atomic E-state index is 13.1. The number of nitrogens with one attached hydrogen (secondary N) is 1. The number of methoxy groups -OCH3 is 1. The van der Waals surface area contributed by atoms with Crippen LogP contribution in [0, 0.1) is 18.6 Å². The van der Waals surface area contributed by atoms with Crippen LogP contribution in [-0.2, 0) is 6.54 Å². The van der Waals surface area contributed by atoms with Crippen LogP contribution in [0.3, 0.4) is 0 Å². The first-order valence-electron chi connectivity index (χ1n) is 8.24. The van der Waals surface area contributed by atoms with Gasteiger partial charge in [-0.05, 0) is 36.2 Å². The minimum atomic E-state index is -0.947. The third-order valence-electron chi connectivity index (χ3n) is 2.98. The van der Waals surface area contributed by atoms with Gasteiger partial charge in [0.2, 0.25) is 5.88 Å². The Balaban J connectivity index is 0.00000134. The van der Waals surface area contributed by atoms with Gasteiger partial charge in [0.25, 0.3) is 5.91 Å². The predicted molar refractivity (Wildman–Crippen MR) is 95.8 cm³/mol. The SMILES string of the molecule is CC.CC.COc1nccc(C)c1C(=O)NCc1ccc(F)c(F)c1. The minimum Gasteiger partial charge on any atom is -0.480 e. The fourth-order valence-corrected chi connectivity index (χ4v) is 1.88. The van der Waals surface area contributed by atoms with Gasteiger partial charge < -0.3 is 10.1 Å². The van der Waals surface area contributed by atoms with E-state index in [9.17, 15) is 13.6 Å². The molecule has 0 fully saturated rings. The highest BCUT2D eigenvalue weighted by atomic mass is 19.2. The smallest absolute Gasteiger partial charge is 0.257 e. The van der Waals surface area contributed by atoms with E-state index in [1.165, 1.54) is 13.2 Å². The second kappa shape index (κ2) is 11.9. The first-order valence-corrected chi connectivity index (χ1v) is 8.24. The molecule has 0 aliphatic carbocycles. The third kappa shape index (κ3) is 6.49. The lowest BCUT2D eigenvalue weighted by molar-refractivity contribution is 0.0946. The fraction of sp³-hybridized carbons (Fsp3) is 0.368. The van der Waals surface area contributed by atoms with E-state index in [1.54, 1.807) is 19.2 Å². The van der Waals surface area contributed by atoms with Crippen LogP contribution in [-0.4, -0.2) is 18.0 Å². The Labute approximate surface area is 148 Å². The predicted octanol–water partition coefficient (Wildman–Crippen LogP) is 4.66. The van der Waals surface area contributed by atoms with E-state index in [0.717, 1.165) is 12.1 Å². The highest BCUT2D eigenvalue weighted by molar-refractivity contribution is 5.97. The molecule has 0 atom stereocenters. The van der Waals surface area contributed by atoms with Gasteiger partial charge in [-0.15, -0.1) is 0 Å². The third-order valence-corrected chi connectivity index (χ3v) is 2.98. The number of hydrogen-bond donors (Lipinski definition) is 1. The molecule has 0 aliphatic heterocycles. The summed E-state index contributed by atoms with van der Waals surface area (Å²) in [5.41, 5.74) is 1.50. The van der Waals surface area contributed by atoms with Crippen molar-refractivity contribution in [3.05, 3.63) is 58.8 Å². The molecule has 0 unspecified atom stereocenters. The summed E-state index contributed by atoms with van der Waals surface area (Å²) in [6, 6.07) is 5.16. The van der Waals surface area contributed by atoms with E-state index >= 15 is 0 Å². The molecule has 1 heterocycles. The summed E-state index contributed by atoms with van der Waals surface area (Å²) in [6.07, 6.45) is 1.54. The van der Waals surface area contributed by atoms with Gasteiger partial charge in [-0.3, -0.25) is 4.79 Å². The standard InChI is InChI=1S/C15H14F2N2O2.2C2H6/c1-9-5-6-18-15(21-2)13(9)14(20)19-8-10-3-4-11(16)12(17)7-10;2*1-2/h3-7H,8H2,1-2H3,(H,19,20);2*1-2H3. The van der Waals surface area contributed by atoms with Crippen LogP contribution in [0.4, 0.5) is 8.78 Å². The van der Waals surface area contributed by atoms with Crippen LogP contribution in [0.2, 0.25) is 0 Å². The second-order valence-corrected chi connectivity index (χ2v) is 4.44. The first-order chi connectivity index (χ1) is 12.0. The minimum absolute atomic E-state index is 0.0769. The number of hydrogen-bond acceptors (Lipinski definition) is 3. The molecule has 0 radical (unpaired) electrons. The molecule has 1 aromatic carbocycles. The molecule has 0 saturated heterocycles. The number of halogens is 2. The number of carbonyl (C=O) groups is 1. The summed E-state index contributed by atoms with van der Waals surface area (Å²) in [4.78, 5) is 16.1. The Morgan fingerprint density at radius 3 is 2.32 bits per heavy atom. The van der Waals surface area contributed by atoms with Crippen molar-refractivity contribution >= 4 is 5.91 Å². The van der Waals surface area contributed by atoms with Gasteiger partial charge in [0, 0.05) is 12.7 Å². The molecule has 4 nitrogen and oxygen atoms in total. The van der Waals surface area contributed by atoms with E-state index in [1.807, 2.05) is 27.7 Å². The van der Waals surface area contributed by atoms with Gasteiger partial charge in [-0.2, -0.15) is 0 Å². The Kier molecular flexibility index (Phi) is 10.8. The lowest BCUT2D eigenvalue weighted by Gasteiger charge is -2.11. The molecule has 1 amide bonds. The zero-order valence-corrected chi connectivity index (χ0v) is 15.6. The lowest BCUT2D eigenvalue weighted by atomic mass is 10.1. The molecule has 0 spiro atoms. The van der Waals surface area contributed by atoms with Crippen molar-refractivity contribution in [2.75, 3.05) is 7.11 Å². The fourth-order valence-electron chi connectivity index (χ4n) is 1.88. The number of aromatic nitrogens is 1. The summed E-state index contributed by atoms with van der Waals surface area (Å²) in [7, 11) is 1.42. The van der Waals surface area contributed by atoms with Crippen LogP contribution < -0.4 is 10.1 Å². The molecular weight excluding hydrogens is 326 g/mol. The summed E-state index contributed by atoms with van der Waals surface area (Å²) >= 11 is 0. The molecule has 0 bridgehead atoms. The van der Waals surface area contributed by atoms with Crippen molar-refractivity contribution in [3.8, 4) is 5.88 Å². The van der Waals surface area contributed by atoms with Crippen molar-refractivity contribution in [1.82, 2.24) is 10.3 Å². The monoisotopic (exact) mass is 352 g/mol. The van der Waals surface area contributed by atoms with Crippen molar-refractivity contribution in [2.45, 2.75) is 41.2 Å². The van der Waals surface area contributed by atoms with E-state index in [2.05, 4.69) is 10.3 Å². The van der Waals surface area contributed by atoms with Crippen LogP contribution in [0.5, 0.6) is 5.88 Å². The number of carbonyl (C=O) groups excluding carboxylic acids is 1. The maximum atomic E-state index is 13.1. The second-order valence-electron chi connectivity index (χ2n) is 4.44. The summed E-state index contributed by atoms with van der Waals surface area (Å²) in [5, 5.41) is 2.63. The van der Waals surface area contributed by atoms with Crippen molar-refractivity contribution in [2.24, 2.45) is 0 Å². The number of benzene rings is 1. The highest BCUT2D eigenvalue weighted by Gasteiger charge is 2.16. The number of pyridine rings is 1. The topological polar surface area (TPSA) is 51.2 Å². The number of amides is 1. The number of ether oxygens (including phenoxy) is 1. The van der Waals surface area contributed by atoms with Gasteiger partial charge in [-0.1, -0.05) is 33.8 Å². The van der Waals surface area contributed by atoms with Crippen molar-refractivity contribution < 1.29 is 18.3 Å². The average molecular weight is 352 g/mol. The Hall–Kier alpha value is -2.50. The summed E-state index contributed by atoms with van der Waals surface area (Å²) in [6.45, 7) is 9.84. The Morgan fingerprint density at radius 2 is 1.76 bits per heavy atom. The van der Waals surface area contributed by atoms with Gasteiger partial charge in [0.1, 0.15) is 5.56 Å². The van der Waals surface area contributed by atoms with Crippen molar-refractivity contribution in [1.29, 1.82) is 0 Å². The lowest BCUT2D eigenvalue weighted by Crippen LogP contribution is -2.24. The molecule has 1 N–H and O–H groups in total. The van der Waals surface area contributed by atoms with Crippen LogP contribution in [0.25, 0.3) is 0 Å². The molecule has 0 saturated carbocycles. The molecule has 0 aliphatic rings. The first kappa shape index (κ1) is 22.5. The van der Waals surface area contributed by atoms with Gasteiger partial charge in [0.05, 0.1) is 7.11 Å². The quantitative estimate of drug-likeness (QED) is 0.871. The normalized spacial score (nSPS) is 9.12. The van der Waals surface area contributed by atoms with Gasteiger partial charge >= 0.3 is 0 Å². The van der Waals surface area contributed by atoms with Gasteiger partial charge in [-0.25, -0.2) is 13.8 Å². The Morgan fingerprint density at radius 1 is 1.12 bits per heavy atom. The Bertz CT molecular complexity index is 676. The molecule has 1 aromatic heterocycles. The zero-order valence-electron chi connectivity index (χ0n) is 15.6. The van der Waals surface area contributed by atoms with E-state index in [-0.39, 0.29) is 18.3 Å². The molecule has 2 rings (SSSR count). The zero-order chi connectivity index (χ0) is 19.4. The van der Waals surface area contributed by atoms with Crippen LogP contribution in [0.15, 0.2) is 30.5 Å². The largest absolute Gasteiger partial charge is 0.480 e. The number of rotatable bonds is 4. The van der Waals surface area contributed by atoms with E-state index in [4.69, 9.17) is 4.74 Å². The van der Waals surface area contributed by atoms with Crippen LogP contribution in [0.1, 0.15) is 49.2 Å². The molecule has 6 heteroatoms. The maximum Gasteiger partial charge on any atom is 0.257 e. The highest BCUT2D eigenvalue weighted by Crippen LogP contribution is 2.18. The van der Waals surface area contributed by atoms with Crippen LogP contribution >= 0.6 is 0 Å². The summed E-state index contributed by atoms with van der Waals surface area (Å²) < 4.78 is 31.0. The van der Waals surface area contributed by atoms with E-state index < -0.39 is 11.6 Å². The molecular formula is C19H26F2N2O2. The van der Waals surface area contributed by atoms with Crippen molar-refractivity contribution in [3.63, 3.8) is 0 Å². The average Bonchev–Trinajstić information content (AvgIpc) is 2.65. The number of nitrogens with zero attached hydrogens (tertiary/aromatic N) is 1. The summed E-state index contributed by atoms with van der Waals surface area (Å²) in [5.74, 6) is -2.04. The van der Waals surface area contributed by atoms with E-state index in [0.29, 0.717) is 16.7 Å². The molecule has 138 valence electrons. The molecule has 25 heavy (non-hydrogen) atoms. The number of aryl methyl sites for hydroxylation is 1. The molecule has 2 aromatic rings. The van der Waals surface area contributed by atoms with Gasteiger partial charge in [0.15, 0.2) is 11.6 Å².